The number of rotatable bonds is 4. The second-order valence-electron chi connectivity index (χ2n) is 4.86. The van der Waals surface area contributed by atoms with Gasteiger partial charge in [-0.05, 0) is 31.2 Å². The lowest BCUT2D eigenvalue weighted by atomic mass is 10.2. The molecule has 0 radical (unpaired) electrons. The van der Waals surface area contributed by atoms with Crippen LogP contribution in [0.1, 0.15) is 17.4 Å². The van der Waals surface area contributed by atoms with Crippen LogP contribution in [-0.4, -0.2) is 32.0 Å². The Morgan fingerprint density at radius 1 is 1.26 bits per heavy atom. The van der Waals surface area contributed by atoms with Gasteiger partial charge in [-0.3, -0.25) is 4.79 Å². The Kier molecular flexibility index (Phi) is 3.91. The third-order valence-electron chi connectivity index (χ3n) is 3.35. The number of imidazole rings is 1. The zero-order chi connectivity index (χ0) is 16.6. The summed E-state index contributed by atoms with van der Waals surface area (Å²) in [5.74, 6) is 0.493. The third-order valence-corrected chi connectivity index (χ3v) is 3.75. The van der Waals surface area contributed by atoms with Crippen LogP contribution in [0, 0.1) is 0 Å². The first-order chi connectivity index (χ1) is 11.0. The van der Waals surface area contributed by atoms with Gasteiger partial charge < -0.3 is 15.0 Å². The molecule has 3 rings (SSSR count). The molecule has 0 fully saturated rings. The Labute approximate surface area is 137 Å². The van der Waals surface area contributed by atoms with Crippen molar-refractivity contribution in [1.82, 2.24) is 19.5 Å². The first-order valence-corrected chi connectivity index (χ1v) is 7.42. The van der Waals surface area contributed by atoms with Gasteiger partial charge in [-0.2, -0.15) is 0 Å². The molecule has 1 amide bonds. The Hall–Kier alpha value is -2.61. The summed E-state index contributed by atoms with van der Waals surface area (Å²) in [5.41, 5.74) is 7.10. The van der Waals surface area contributed by atoms with E-state index in [4.69, 9.17) is 10.5 Å². The van der Waals surface area contributed by atoms with Gasteiger partial charge in [0.2, 0.25) is 0 Å². The highest BCUT2D eigenvalue weighted by Gasteiger charge is 2.18. The molecule has 0 bridgehead atoms. The van der Waals surface area contributed by atoms with Crippen LogP contribution in [0.3, 0.4) is 0 Å². The molecular weight excluding hydrogens is 314 g/mol. The largest absolute Gasteiger partial charge is 0.494 e. The highest BCUT2D eigenvalue weighted by Crippen LogP contribution is 2.24. The summed E-state index contributed by atoms with van der Waals surface area (Å²) in [6, 6.07) is 7.30. The van der Waals surface area contributed by atoms with E-state index in [1.165, 1.54) is 0 Å². The van der Waals surface area contributed by atoms with Crippen molar-refractivity contribution < 1.29 is 9.53 Å². The topological polar surface area (TPSA) is 95.9 Å². The normalized spacial score (nSPS) is 10.9. The van der Waals surface area contributed by atoms with Crippen LogP contribution in [0.5, 0.6) is 5.75 Å². The van der Waals surface area contributed by atoms with Crippen LogP contribution in [0.2, 0.25) is 0 Å². The van der Waals surface area contributed by atoms with E-state index in [0.717, 1.165) is 11.3 Å². The van der Waals surface area contributed by atoms with Crippen molar-refractivity contribution in [2.75, 3.05) is 6.61 Å². The third kappa shape index (κ3) is 2.72. The van der Waals surface area contributed by atoms with Crippen molar-refractivity contribution in [3.05, 3.63) is 30.0 Å². The molecule has 0 saturated carbocycles. The van der Waals surface area contributed by atoms with Gasteiger partial charge in [0.1, 0.15) is 11.3 Å². The number of amides is 1. The summed E-state index contributed by atoms with van der Waals surface area (Å²) in [5, 5.41) is 0.431. The number of nitrogens with zero attached hydrogens (tertiary/aromatic N) is 4. The number of nitrogens with two attached hydrogens (primary N) is 1. The number of ether oxygens (including phenoxy) is 1. The molecule has 8 heteroatoms. The van der Waals surface area contributed by atoms with Gasteiger partial charge in [-0.1, -0.05) is 0 Å². The van der Waals surface area contributed by atoms with Crippen molar-refractivity contribution in [3.63, 3.8) is 0 Å². The Balaban J connectivity index is 2.17. The van der Waals surface area contributed by atoms with Gasteiger partial charge in [-0.15, -0.1) is 12.6 Å². The van der Waals surface area contributed by atoms with Crippen molar-refractivity contribution in [1.29, 1.82) is 0 Å². The first kappa shape index (κ1) is 15.3. The van der Waals surface area contributed by atoms with E-state index in [2.05, 4.69) is 27.6 Å². The molecule has 0 spiro atoms. The van der Waals surface area contributed by atoms with E-state index in [-0.39, 0.29) is 5.69 Å². The molecule has 2 heterocycles. The van der Waals surface area contributed by atoms with Gasteiger partial charge in [0.15, 0.2) is 22.3 Å². The van der Waals surface area contributed by atoms with Gasteiger partial charge in [0.05, 0.1) is 6.61 Å². The molecule has 2 aromatic heterocycles. The quantitative estimate of drug-likeness (QED) is 0.712. The minimum atomic E-state index is -0.656. The van der Waals surface area contributed by atoms with E-state index in [0.29, 0.717) is 28.8 Å². The highest BCUT2D eigenvalue weighted by atomic mass is 32.1. The minimum Gasteiger partial charge on any atom is -0.494 e. The number of thiol groups is 1. The Bertz CT molecular complexity index is 889. The van der Waals surface area contributed by atoms with Crippen molar-refractivity contribution in [3.8, 4) is 17.1 Å². The van der Waals surface area contributed by atoms with Crippen molar-refractivity contribution >= 4 is 29.7 Å². The molecule has 7 nitrogen and oxygen atoms in total. The summed E-state index contributed by atoms with van der Waals surface area (Å²) in [7, 11) is 1.76. The highest BCUT2D eigenvalue weighted by molar-refractivity contribution is 7.80. The Morgan fingerprint density at radius 3 is 2.57 bits per heavy atom. The van der Waals surface area contributed by atoms with E-state index in [9.17, 15) is 4.79 Å². The van der Waals surface area contributed by atoms with Gasteiger partial charge in [0.25, 0.3) is 5.91 Å². The maximum Gasteiger partial charge on any atom is 0.269 e. The number of carbonyl (C=O) groups is 1. The molecule has 2 N–H and O–H groups in total. The second kappa shape index (κ2) is 5.88. The summed E-state index contributed by atoms with van der Waals surface area (Å²) >= 11 is 4.25. The maximum absolute atomic E-state index is 11.7. The fourth-order valence-corrected chi connectivity index (χ4v) is 2.41. The monoisotopic (exact) mass is 329 g/mol. The number of aryl methyl sites for hydroxylation is 1. The zero-order valence-corrected chi connectivity index (χ0v) is 13.5. The SMILES string of the molecule is CCOc1ccc(-c2nc(C(N)=O)c3nc(S)n(C)c3n2)cc1. The molecule has 118 valence electrons. The van der Waals surface area contributed by atoms with E-state index in [1.54, 1.807) is 11.6 Å². The van der Waals surface area contributed by atoms with E-state index in [1.807, 2.05) is 31.2 Å². The Morgan fingerprint density at radius 2 is 1.96 bits per heavy atom. The molecule has 1 aromatic carbocycles. The predicted octanol–water partition coefficient (Wildman–Crippen LogP) is 1.82. The number of primary amides is 1. The maximum atomic E-state index is 11.7. The van der Waals surface area contributed by atoms with Crippen LogP contribution in [-0.2, 0) is 7.05 Å². The summed E-state index contributed by atoms with van der Waals surface area (Å²) in [6.07, 6.45) is 0. The van der Waals surface area contributed by atoms with Crippen LogP contribution in [0.4, 0.5) is 0 Å². The molecule has 0 saturated heterocycles. The standard InChI is InChI=1S/C15H15N5O2S/c1-3-22-9-6-4-8(5-7-9)13-17-10(12(16)21)11-14(19-13)20(2)15(23)18-11/h4-7H,3H2,1-2H3,(H2,16,21)(H,18,23). The molecule has 3 aromatic rings. The number of carbonyl (C=O) groups excluding carboxylic acids is 1. The lowest BCUT2D eigenvalue weighted by Gasteiger charge is -2.06. The minimum absolute atomic E-state index is 0.0785. The van der Waals surface area contributed by atoms with Crippen LogP contribution in [0.25, 0.3) is 22.6 Å². The van der Waals surface area contributed by atoms with Crippen molar-refractivity contribution in [2.24, 2.45) is 12.8 Å². The predicted molar refractivity (Wildman–Crippen MR) is 88.7 cm³/mol. The number of aromatic nitrogens is 4. The van der Waals surface area contributed by atoms with Crippen LogP contribution >= 0.6 is 12.6 Å². The molecule has 0 unspecified atom stereocenters. The van der Waals surface area contributed by atoms with Crippen molar-refractivity contribution in [2.45, 2.75) is 12.1 Å². The summed E-state index contributed by atoms with van der Waals surface area (Å²) < 4.78 is 7.08. The van der Waals surface area contributed by atoms with E-state index < -0.39 is 5.91 Å². The zero-order valence-electron chi connectivity index (χ0n) is 12.6. The molecular formula is C15H15N5O2S. The van der Waals surface area contributed by atoms with E-state index >= 15 is 0 Å². The number of hydrogen-bond donors (Lipinski definition) is 2. The van der Waals surface area contributed by atoms with Gasteiger partial charge >= 0.3 is 0 Å². The fourth-order valence-electron chi connectivity index (χ4n) is 2.22. The second-order valence-corrected chi connectivity index (χ2v) is 5.26. The van der Waals surface area contributed by atoms with Gasteiger partial charge in [-0.25, -0.2) is 15.0 Å². The number of benzene rings is 1. The fraction of sp³-hybridized carbons (Fsp3) is 0.200. The molecule has 23 heavy (non-hydrogen) atoms. The molecule has 0 aliphatic carbocycles. The summed E-state index contributed by atoms with van der Waals surface area (Å²) in [4.78, 5) is 24.6. The van der Waals surface area contributed by atoms with Gasteiger partial charge in [0, 0.05) is 12.6 Å². The van der Waals surface area contributed by atoms with Crippen LogP contribution in [0.15, 0.2) is 29.4 Å². The lowest BCUT2D eigenvalue weighted by Crippen LogP contribution is -2.15. The number of fused-ring (bicyclic) bond motifs is 1. The summed E-state index contributed by atoms with van der Waals surface area (Å²) in [6.45, 7) is 2.51. The number of hydrogen-bond acceptors (Lipinski definition) is 6. The molecule has 0 aliphatic heterocycles. The molecule has 0 aliphatic rings. The average Bonchev–Trinajstić information content (AvgIpc) is 2.82. The smallest absolute Gasteiger partial charge is 0.269 e. The lowest BCUT2D eigenvalue weighted by molar-refractivity contribution is 0.0997. The first-order valence-electron chi connectivity index (χ1n) is 6.97. The van der Waals surface area contributed by atoms with Crippen LogP contribution < -0.4 is 10.5 Å². The average molecular weight is 329 g/mol. The molecule has 0 atom stereocenters.